The van der Waals surface area contributed by atoms with E-state index in [4.69, 9.17) is 4.74 Å². The van der Waals surface area contributed by atoms with Crippen LogP contribution in [0.15, 0.2) is 0 Å². The monoisotopic (exact) mass is 359 g/mol. The van der Waals surface area contributed by atoms with Crippen LogP contribution in [0.1, 0.15) is 13.3 Å². The van der Waals surface area contributed by atoms with Crippen molar-refractivity contribution in [2.75, 3.05) is 50.9 Å². The van der Waals surface area contributed by atoms with E-state index in [2.05, 4.69) is 22.5 Å². The van der Waals surface area contributed by atoms with Gasteiger partial charge in [-0.3, -0.25) is 9.69 Å². The molecule has 0 aliphatic carbocycles. The molecule has 1 amide bonds. The summed E-state index contributed by atoms with van der Waals surface area (Å²) in [7, 11) is 0. The average molecular weight is 360 g/mol. The molecule has 2 N–H and O–H groups in total. The van der Waals surface area contributed by atoms with Crippen molar-refractivity contribution < 1.29 is 9.53 Å². The number of morpholine rings is 1. The van der Waals surface area contributed by atoms with Crippen LogP contribution in [-0.4, -0.2) is 73.8 Å². The van der Waals surface area contributed by atoms with Gasteiger partial charge in [-0.25, -0.2) is 0 Å². The maximum Gasteiger partial charge on any atom is 0.221 e. The predicted molar refractivity (Wildman–Crippen MR) is 93.1 cm³/mol. The van der Waals surface area contributed by atoms with Crippen LogP contribution < -0.4 is 10.6 Å². The maximum atomic E-state index is 12.0. The lowest BCUT2D eigenvalue weighted by Crippen LogP contribution is -2.48. The minimum Gasteiger partial charge on any atom is -0.379 e. The number of hydrogen-bond acceptors (Lipinski definition) is 5. The van der Waals surface area contributed by atoms with Crippen LogP contribution in [-0.2, 0) is 9.53 Å². The molecule has 2 unspecified atom stereocenters. The highest BCUT2D eigenvalue weighted by Gasteiger charge is 2.19. The Hall–Kier alpha value is 0.280. The third kappa shape index (κ3) is 8.47. The predicted octanol–water partition coefficient (Wildman–Crippen LogP) is 0.762. The van der Waals surface area contributed by atoms with Crippen LogP contribution in [0.2, 0.25) is 0 Å². The number of amides is 1. The molecule has 0 aromatic carbocycles. The second-order valence-electron chi connectivity index (χ2n) is 5.31. The summed E-state index contributed by atoms with van der Waals surface area (Å²) in [5.74, 6) is 2.37. The SMILES string of the molecule is CC(CN1CCOCC1)NC(=O)CC1CSCCN1.Cl.Cl. The zero-order valence-corrected chi connectivity index (χ0v) is 15.0. The number of ether oxygens (including phenoxy) is 1. The number of hydrogen-bond donors (Lipinski definition) is 2. The number of carbonyl (C=O) groups excluding carboxylic acids is 1. The Labute approximate surface area is 144 Å². The van der Waals surface area contributed by atoms with Gasteiger partial charge < -0.3 is 15.4 Å². The van der Waals surface area contributed by atoms with Crippen LogP contribution in [0.4, 0.5) is 0 Å². The fraction of sp³-hybridized carbons (Fsp3) is 0.923. The molecule has 0 aromatic rings. The van der Waals surface area contributed by atoms with Gasteiger partial charge in [-0.2, -0.15) is 11.8 Å². The molecule has 0 aromatic heterocycles. The Bertz CT molecular complexity index is 289. The highest BCUT2D eigenvalue weighted by molar-refractivity contribution is 7.99. The van der Waals surface area contributed by atoms with E-state index in [1.807, 2.05) is 11.8 Å². The topological polar surface area (TPSA) is 53.6 Å². The number of thioether (sulfide) groups is 1. The van der Waals surface area contributed by atoms with E-state index in [1.54, 1.807) is 0 Å². The normalized spacial score (nSPS) is 24.3. The number of carbonyl (C=O) groups is 1. The first-order valence-electron chi connectivity index (χ1n) is 7.14. The van der Waals surface area contributed by atoms with E-state index in [0.29, 0.717) is 12.5 Å². The van der Waals surface area contributed by atoms with Crippen molar-refractivity contribution in [1.29, 1.82) is 0 Å². The summed E-state index contributed by atoms with van der Waals surface area (Å²) in [5.41, 5.74) is 0. The van der Waals surface area contributed by atoms with Crippen LogP contribution in [0.5, 0.6) is 0 Å². The van der Waals surface area contributed by atoms with E-state index in [0.717, 1.165) is 50.9 Å². The Balaban J connectivity index is 0.00000200. The van der Waals surface area contributed by atoms with E-state index in [1.165, 1.54) is 0 Å². The molecule has 0 bridgehead atoms. The molecule has 0 spiro atoms. The van der Waals surface area contributed by atoms with Gasteiger partial charge in [0.15, 0.2) is 0 Å². The maximum absolute atomic E-state index is 12.0. The third-order valence-corrected chi connectivity index (χ3v) is 4.60. The molecule has 21 heavy (non-hydrogen) atoms. The van der Waals surface area contributed by atoms with Crippen molar-refractivity contribution in [3.05, 3.63) is 0 Å². The minimum atomic E-state index is 0. The van der Waals surface area contributed by atoms with Crippen LogP contribution in [0.3, 0.4) is 0 Å². The van der Waals surface area contributed by atoms with Gasteiger partial charge in [0.2, 0.25) is 5.91 Å². The second-order valence-corrected chi connectivity index (χ2v) is 6.46. The van der Waals surface area contributed by atoms with Crippen LogP contribution >= 0.6 is 36.6 Å². The minimum absolute atomic E-state index is 0. The summed E-state index contributed by atoms with van der Waals surface area (Å²) in [6.45, 7) is 7.58. The van der Waals surface area contributed by atoms with E-state index in [-0.39, 0.29) is 36.8 Å². The molecule has 2 aliphatic rings. The molecule has 0 saturated carbocycles. The average Bonchev–Trinajstić information content (AvgIpc) is 2.40. The zero-order chi connectivity index (χ0) is 13.5. The van der Waals surface area contributed by atoms with Crippen LogP contribution in [0, 0.1) is 0 Å². The summed E-state index contributed by atoms with van der Waals surface area (Å²) < 4.78 is 5.32. The number of rotatable bonds is 5. The van der Waals surface area contributed by atoms with Gasteiger partial charge in [0.05, 0.1) is 13.2 Å². The first-order chi connectivity index (χ1) is 9.24. The lowest BCUT2D eigenvalue weighted by molar-refractivity contribution is -0.122. The molecule has 2 heterocycles. The zero-order valence-electron chi connectivity index (χ0n) is 12.5. The Morgan fingerprint density at radius 2 is 2.14 bits per heavy atom. The highest BCUT2D eigenvalue weighted by Crippen LogP contribution is 2.10. The van der Waals surface area contributed by atoms with Gasteiger partial charge in [0, 0.05) is 56.2 Å². The molecule has 8 heteroatoms. The van der Waals surface area contributed by atoms with E-state index >= 15 is 0 Å². The van der Waals surface area contributed by atoms with Crippen molar-refractivity contribution in [2.24, 2.45) is 0 Å². The molecule has 2 fully saturated rings. The summed E-state index contributed by atoms with van der Waals surface area (Å²) in [6, 6.07) is 0.552. The lowest BCUT2D eigenvalue weighted by atomic mass is 10.2. The largest absolute Gasteiger partial charge is 0.379 e. The fourth-order valence-electron chi connectivity index (χ4n) is 2.53. The van der Waals surface area contributed by atoms with Gasteiger partial charge in [-0.1, -0.05) is 0 Å². The second kappa shape index (κ2) is 11.8. The van der Waals surface area contributed by atoms with Crippen molar-refractivity contribution >= 4 is 42.5 Å². The number of nitrogens with zero attached hydrogens (tertiary/aromatic N) is 1. The number of halogens is 2. The molecular formula is C13H27Cl2N3O2S. The van der Waals surface area contributed by atoms with Crippen molar-refractivity contribution in [2.45, 2.75) is 25.4 Å². The van der Waals surface area contributed by atoms with Crippen molar-refractivity contribution in [3.63, 3.8) is 0 Å². The Morgan fingerprint density at radius 1 is 1.43 bits per heavy atom. The van der Waals surface area contributed by atoms with E-state index in [9.17, 15) is 4.79 Å². The molecule has 2 rings (SSSR count). The fourth-order valence-corrected chi connectivity index (χ4v) is 3.47. The van der Waals surface area contributed by atoms with E-state index < -0.39 is 0 Å². The summed E-state index contributed by atoms with van der Waals surface area (Å²) in [4.78, 5) is 14.3. The van der Waals surface area contributed by atoms with Gasteiger partial charge >= 0.3 is 0 Å². The quantitative estimate of drug-likeness (QED) is 0.758. The van der Waals surface area contributed by atoms with Gasteiger partial charge in [0.1, 0.15) is 0 Å². The summed E-state index contributed by atoms with van der Waals surface area (Å²) in [6.07, 6.45) is 0.598. The van der Waals surface area contributed by atoms with Gasteiger partial charge in [-0.05, 0) is 6.92 Å². The standard InChI is InChI=1S/C13H25N3O2S.2ClH/c1-11(9-16-3-5-18-6-4-16)15-13(17)8-12-10-19-7-2-14-12;;/h11-12,14H,2-10H2,1H3,(H,15,17);2*1H. The first-order valence-corrected chi connectivity index (χ1v) is 8.30. The molecule has 2 aliphatic heterocycles. The third-order valence-electron chi connectivity index (χ3n) is 3.47. The Morgan fingerprint density at radius 3 is 2.76 bits per heavy atom. The molecule has 2 saturated heterocycles. The first kappa shape index (κ1) is 21.3. The molecule has 126 valence electrons. The smallest absolute Gasteiger partial charge is 0.221 e. The summed E-state index contributed by atoms with van der Waals surface area (Å²) >= 11 is 1.93. The lowest BCUT2D eigenvalue weighted by Gasteiger charge is -2.30. The van der Waals surface area contributed by atoms with Crippen LogP contribution in [0.25, 0.3) is 0 Å². The molecular weight excluding hydrogens is 333 g/mol. The van der Waals surface area contributed by atoms with Crippen molar-refractivity contribution in [1.82, 2.24) is 15.5 Å². The molecule has 0 radical (unpaired) electrons. The van der Waals surface area contributed by atoms with Gasteiger partial charge in [-0.15, -0.1) is 24.8 Å². The van der Waals surface area contributed by atoms with Crippen molar-refractivity contribution in [3.8, 4) is 0 Å². The summed E-state index contributed by atoms with van der Waals surface area (Å²) in [5, 5.41) is 6.50. The highest BCUT2D eigenvalue weighted by atomic mass is 35.5. The van der Waals surface area contributed by atoms with Gasteiger partial charge in [0.25, 0.3) is 0 Å². The Kier molecular flexibility index (Phi) is 12.0. The molecule has 2 atom stereocenters. The molecule has 5 nitrogen and oxygen atoms in total. The number of nitrogens with one attached hydrogen (secondary N) is 2.